The Morgan fingerprint density at radius 2 is 1.96 bits per heavy atom. The van der Waals surface area contributed by atoms with Crippen molar-refractivity contribution in [2.75, 3.05) is 36.5 Å². The Bertz CT molecular complexity index is 947. The second kappa shape index (κ2) is 5.81. The number of nitrogens with zero attached hydrogens (tertiary/aromatic N) is 4. The van der Waals surface area contributed by atoms with E-state index in [0.29, 0.717) is 12.0 Å². The summed E-state index contributed by atoms with van der Waals surface area (Å²) in [4.78, 5) is 16.6. The maximum atomic E-state index is 5.51. The molecule has 6 heteroatoms. The van der Waals surface area contributed by atoms with Crippen molar-refractivity contribution >= 4 is 33.6 Å². The smallest absolute Gasteiger partial charge is 0.223 e. The molecule has 1 aliphatic heterocycles. The van der Waals surface area contributed by atoms with Crippen molar-refractivity contribution in [3.63, 3.8) is 0 Å². The summed E-state index contributed by atoms with van der Waals surface area (Å²) >= 11 is 0. The van der Waals surface area contributed by atoms with Crippen molar-refractivity contribution in [2.45, 2.75) is 25.8 Å². The number of hydrogen-bond acceptors (Lipinski definition) is 6. The van der Waals surface area contributed by atoms with Crippen molar-refractivity contribution < 1.29 is 4.74 Å². The van der Waals surface area contributed by atoms with Gasteiger partial charge >= 0.3 is 0 Å². The van der Waals surface area contributed by atoms with E-state index in [1.54, 1.807) is 0 Å². The summed E-state index contributed by atoms with van der Waals surface area (Å²) in [5.41, 5.74) is 3.14. The lowest BCUT2D eigenvalue weighted by Crippen LogP contribution is -2.37. The third kappa shape index (κ3) is 2.76. The van der Waals surface area contributed by atoms with Gasteiger partial charge in [-0.3, -0.25) is 0 Å². The summed E-state index contributed by atoms with van der Waals surface area (Å²) in [6, 6.07) is 6.91. The van der Waals surface area contributed by atoms with Crippen LogP contribution in [0, 0.1) is 6.92 Å². The number of fused-ring (bicyclic) bond motifs is 3. The minimum absolute atomic E-state index is 0.528. The number of hydrogen-bond donors (Lipinski definition) is 1. The zero-order valence-corrected chi connectivity index (χ0v) is 14.3. The number of anilines is 2. The highest BCUT2D eigenvalue weighted by Gasteiger charge is 2.23. The Morgan fingerprint density at radius 1 is 1.12 bits per heavy atom. The largest absolute Gasteiger partial charge is 0.378 e. The van der Waals surface area contributed by atoms with Crippen LogP contribution in [-0.2, 0) is 4.74 Å². The van der Waals surface area contributed by atoms with Crippen LogP contribution in [-0.4, -0.2) is 47.3 Å². The summed E-state index contributed by atoms with van der Waals surface area (Å²) in [5.74, 6) is 1.65. The molecule has 1 saturated heterocycles. The van der Waals surface area contributed by atoms with Gasteiger partial charge in [-0.15, -0.1) is 0 Å². The lowest BCUT2D eigenvalue weighted by atomic mass is 10.1. The van der Waals surface area contributed by atoms with Gasteiger partial charge < -0.3 is 15.0 Å². The summed E-state index contributed by atoms with van der Waals surface area (Å²) in [6.45, 7) is 5.24. The van der Waals surface area contributed by atoms with Gasteiger partial charge in [-0.1, -0.05) is 12.1 Å². The molecular weight excluding hydrogens is 314 g/mol. The number of ether oxygens (including phenoxy) is 1. The highest BCUT2D eigenvalue weighted by Crippen LogP contribution is 2.32. The number of benzene rings is 1. The molecule has 0 unspecified atom stereocenters. The number of nitrogens with one attached hydrogen (secondary N) is 1. The minimum Gasteiger partial charge on any atom is -0.378 e. The molecule has 3 heterocycles. The van der Waals surface area contributed by atoms with E-state index in [1.165, 1.54) is 18.4 Å². The Kier molecular flexibility index (Phi) is 3.45. The Balaban J connectivity index is 1.73. The van der Waals surface area contributed by atoms with E-state index in [9.17, 15) is 0 Å². The quantitative estimate of drug-likeness (QED) is 0.743. The van der Waals surface area contributed by atoms with Gasteiger partial charge in [-0.25, -0.2) is 15.0 Å². The number of aryl methyl sites for hydroxylation is 1. The number of rotatable bonds is 3. The molecule has 0 atom stereocenters. The molecule has 25 heavy (non-hydrogen) atoms. The second-order valence-electron chi connectivity index (χ2n) is 6.93. The Hall–Kier alpha value is -2.47. The third-order valence-electron chi connectivity index (χ3n) is 4.89. The zero-order valence-electron chi connectivity index (χ0n) is 14.3. The maximum Gasteiger partial charge on any atom is 0.223 e. The molecule has 1 aliphatic carbocycles. The average Bonchev–Trinajstić information content (AvgIpc) is 3.45. The molecule has 6 nitrogen and oxygen atoms in total. The van der Waals surface area contributed by atoms with Crippen LogP contribution >= 0.6 is 0 Å². The number of pyridine rings is 1. The van der Waals surface area contributed by atoms with Crippen LogP contribution in [0.2, 0.25) is 0 Å². The number of aromatic nitrogens is 3. The lowest BCUT2D eigenvalue weighted by Gasteiger charge is -2.28. The molecule has 2 fully saturated rings. The molecule has 0 spiro atoms. The molecule has 3 aromatic rings. The van der Waals surface area contributed by atoms with E-state index in [2.05, 4.69) is 40.3 Å². The van der Waals surface area contributed by atoms with E-state index in [-0.39, 0.29) is 0 Å². The molecule has 0 bridgehead atoms. The molecule has 1 N–H and O–H groups in total. The topological polar surface area (TPSA) is 63.2 Å². The molecule has 0 amide bonds. The van der Waals surface area contributed by atoms with Gasteiger partial charge in [0.05, 0.1) is 18.7 Å². The minimum atomic E-state index is 0.528. The van der Waals surface area contributed by atoms with Crippen LogP contribution in [0.3, 0.4) is 0 Å². The van der Waals surface area contributed by atoms with Gasteiger partial charge in [0.15, 0.2) is 5.82 Å². The molecule has 1 saturated carbocycles. The van der Waals surface area contributed by atoms with Crippen molar-refractivity contribution in [3.8, 4) is 0 Å². The first-order valence-corrected chi connectivity index (χ1v) is 8.94. The van der Waals surface area contributed by atoms with Crippen molar-refractivity contribution in [1.29, 1.82) is 0 Å². The van der Waals surface area contributed by atoms with Crippen molar-refractivity contribution in [2.24, 2.45) is 0 Å². The van der Waals surface area contributed by atoms with E-state index in [1.807, 2.05) is 6.20 Å². The van der Waals surface area contributed by atoms with Crippen LogP contribution in [0.1, 0.15) is 18.4 Å². The first-order valence-electron chi connectivity index (χ1n) is 8.94. The normalized spacial score (nSPS) is 18.0. The molecule has 128 valence electrons. The molecule has 5 rings (SSSR count). The predicted octanol–water partition coefficient (Wildman–Crippen LogP) is 2.90. The van der Waals surface area contributed by atoms with Crippen LogP contribution < -0.4 is 10.2 Å². The fourth-order valence-corrected chi connectivity index (χ4v) is 3.35. The first-order chi connectivity index (χ1) is 12.3. The number of morpholine rings is 1. The highest BCUT2D eigenvalue weighted by molar-refractivity contribution is 6.08. The van der Waals surface area contributed by atoms with Crippen LogP contribution in [0.25, 0.3) is 21.8 Å². The zero-order chi connectivity index (χ0) is 16.8. The summed E-state index contributed by atoms with van der Waals surface area (Å²) in [5, 5.41) is 5.57. The molecule has 2 aliphatic rings. The summed E-state index contributed by atoms with van der Waals surface area (Å²) in [7, 11) is 0. The summed E-state index contributed by atoms with van der Waals surface area (Å²) in [6.07, 6.45) is 4.34. The summed E-state index contributed by atoms with van der Waals surface area (Å²) < 4.78 is 5.51. The van der Waals surface area contributed by atoms with Gasteiger partial charge in [0.1, 0.15) is 5.52 Å². The third-order valence-corrected chi connectivity index (χ3v) is 4.89. The first kappa shape index (κ1) is 14.8. The standard InChI is InChI=1S/C19H21N5O/c1-12-2-5-14-15-11-20-19(21-13-3-4-13)23-17(15)18(22-16(14)10-12)24-6-8-25-9-7-24/h2,5,10-11,13H,3-4,6-9H2,1H3,(H,20,21,23). The SMILES string of the molecule is Cc1ccc2c(c1)nc(N1CCOCC1)c1nc(NC3CC3)ncc12. The molecule has 0 radical (unpaired) electrons. The van der Waals surface area contributed by atoms with E-state index in [0.717, 1.165) is 53.9 Å². The average molecular weight is 335 g/mol. The van der Waals surface area contributed by atoms with E-state index < -0.39 is 0 Å². The Labute approximate surface area is 146 Å². The van der Waals surface area contributed by atoms with Crippen LogP contribution in [0.15, 0.2) is 24.4 Å². The predicted molar refractivity (Wildman–Crippen MR) is 99.3 cm³/mol. The molecular formula is C19H21N5O. The van der Waals surface area contributed by atoms with Gasteiger partial charge in [0, 0.05) is 36.1 Å². The van der Waals surface area contributed by atoms with E-state index in [4.69, 9.17) is 14.7 Å². The van der Waals surface area contributed by atoms with Gasteiger partial charge in [-0.05, 0) is 31.4 Å². The van der Waals surface area contributed by atoms with Crippen molar-refractivity contribution in [1.82, 2.24) is 15.0 Å². The Morgan fingerprint density at radius 3 is 2.76 bits per heavy atom. The van der Waals surface area contributed by atoms with Gasteiger partial charge in [0.25, 0.3) is 0 Å². The van der Waals surface area contributed by atoms with Crippen molar-refractivity contribution in [3.05, 3.63) is 30.0 Å². The molecule has 2 aromatic heterocycles. The highest BCUT2D eigenvalue weighted by atomic mass is 16.5. The lowest BCUT2D eigenvalue weighted by molar-refractivity contribution is 0.122. The van der Waals surface area contributed by atoms with Gasteiger partial charge in [0.2, 0.25) is 5.95 Å². The maximum absolute atomic E-state index is 5.51. The molecule has 1 aromatic carbocycles. The van der Waals surface area contributed by atoms with Gasteiger partial charge in [-0.2, -0.15) is 0 Å². The van der Waals surface area contributed by atoms with E-state index >= 15 is 0 Å². The second-order valence-corrected chi connectivity index (χ2v) is 6.93. The van der Waals surface area contributed by atoms with Crippen LogP contribution in [0.4, 0.5) is 11.8 Å². The monoisotopic (exact) mass is 335 g/mol. The fourth-order valence-electron chi connectivity index (χ4n) is 3.35. The van der Waals surface area contributed by atoms with Crippen LogP contribution in [0.5, 0.6) is 0 Å². The fraction of sp³-hybridized carbons (Fsp3) is 0.421.